The van der Waals surface area contributed by atoms with Gasteiger partial charge in [0.15, 0.2) is 0 Å². The van der Waals surface area contributed by atoms with E-state index in [1.807, 2.05) is 11.9 Å². The van der Waals surface area contributed by atoms with Crippen LogP contribution < -0.4 is 4.31 Å². The van der Waals surface area contributed by atoms with Crippen molar-refractivity contribution >= 4 is 44.3 Å². The molecule has 0 bridgehead atoms. The first-order valence-corrected chi connectivity index (χ1v) is 7.33. The summed E-state index contributed by atoms with van der Waals surface area (Å²) in [5, 5.41) is 3.84. The Balaban J connectivity index is 2.07. The van der Waals surface area contributed by atoms with Crippen LogP contribution in [-0.4, -0.2) is 11.9 Å². The van der Waals surface area contributed by atoms with Gasteiger partial charge in [0.1, 0.15) is 0 Å². The number of nitrogens with zero attached hydrogens (tertiary/aromatic N) is 1. The molecular weight excluding hydrogens is 282 g/mol. The minimum absolute atomic E-state index is 1.07. The Morgan fingerprint density at radius 1 is 1.12 bits per heavy atom. The van der Waals surface area contributed by atoms with Crippen molar-refractivity contribution in [3.63, 3.8) is 0 Å². The van der Waals surface area contributed by atoms with E-state index in [4.69, 9.17) is 0 Å². The van der Waals surface area contributed by atoms with Crippen LogP contribution in [0.15, 0.2) is 41.3 Å². The summed E-state index contributed by atoms with van der Waals surface area (Å²) in [7, 11) is 0. The normalized spacial score (nSPS) is 13.7. The first-order chi connectivity index (χ1) is 7.90. The molecule has 2 aromatic rings. The van der Waals surface area contributed by atoms with Gasteiger partial charge in [-0.1, -0.05) is 40.2 Å². The highest BCUT2D eigenvalue weighted by molar-refractivity contribution is 9.09. The minimum Gasteiger partial charge on any atom is -0.311 e. The highest BCUT2D eigenvalue weighted by atomic mass is 79.9. The summed E-state index contributed by atoms with van der Waals surface area (Å²) in [4.78, 5) is 1.39. The molecule has 3 heteroatoms. The van der Waals surface area contributed by atoms with Crippen molar-refractivity contribution in [3.05, 3.63) is 36.4 Å². The van der Waals surface area contributed by atoms with Gasteiger partial charge in [-0.3, -0.25) is 0 Å². The number of halogens is 1. The van der Waals surface area contributed by atoms with Crippen LogP contribution in [0.4, 0.5) is 5.69 Å². The van der Waals surface area contributed by atoms with Gasteiger partial charge in [-0.2, -0.15) is 0 Å². The molecule has 0 amide bonds. The summed E-state index contributed by atoms with van der Waals surface area (Å²) < 4.78 is 2.40. The first kappa shape index (κ1) is 10.5. The van der Waals surface area contributed by atoms with Crippen molar-refractivity contribution in [2.45, 2.75) is 11.3 Å². The molecule has 0 radical (unpaired) electrons. The van der Waals surface area contributed by atoms with Crippen molar-refractivity contribution in [1.82, 2.24) is 0 Å². The molecule has 2 aromatic carbocycles. The van der Waals surface area contributed by atoms with Crippen LogP contribution in [-0.2, 0) is 0 Å². The van der Waals surface area contributed by atoms with Gasteiger partial charge in [0, 0.05) is 22.2 Å². The van der Waals surface area contributed by atoms with E-state index in [9.17, 15) is 0 Å². The molecule has 0 saturated heterocycles. The van der Waals surface area contributed by atoms with Gasteiger partial charge in [-0.05, 0) is 35.9 Å². The maximum Gasteiger partial charge on any atom is 0.0563 e. The highest BCUT2D eigenvalue weighted by Gasteiger charge is 2.21. The van der Waals surface area contributed by atoms with E-state index >= 15 is 0 Å². The Morgan fingerprint density at radius 2 is 1.94 bits per heavy atom. The Morgan fingerprint density at radius 3 is 2.75 bits per heavy atom. The summed E-state index contributed by atoms with van der Waals surface area (Å²) in [5.74, 6) is 0. The van der Waals surface area contributed by atoms with Crippen molar-refractivity contribution in [3.8, 4) is 0 Å². The van der Waals surface area contributed by atoms with Gasteiger partial charge >= 0.3 is 0 Å². The summed E-state index contributed by atoms with van der Waals surface area (Å²) in [6.45, 7) is 1.10. The molecule has 0 unspecified atom stereocenters. The number of hydrogen-bond acceptors (Lipinski definition) is 2. The largest absolute Gasteiger partial charge is 0.311 e. The predicted molar refractivity (Wildman–Crippen MR) is 75.6 cm³/mol. The van der Waals surface area contributed by atoms with Crippen LogP contribution in [0.2, 0.25) is 0 Å². The second-order valence-corrected chi connectivity index (χ2v) is 5.72. The fourth-order valence-electron chi connectivity index (χ4n) is 2.11. The number of anilines is 1. The lowest BCUT2D eigenvalue weighted by molar-refractivity contribution is 0.952. The molecule has 16 heavy (non-hydrogen) atoms. The second kappa shape index (κ2) is 4.30. The smallest absolute Gasteiger partial charge is 0.0563 e. The van der Waals surface area contributed by atoms with E-state index in [0.29, 0.717) is 0 Å². The average Bonchev–Trinajstić information content (AvgIpc) is 2.68. The summed E-state index contributed by atoms with van der Waals surface area (Å²) >= 11 is 5.36. The maximum absolute atomic E-state index is 3.49. The van der Waals surface area contributed by atoms with Gasteiger partial charge in [0.2, 0.25) is 0 Å². The zero-order chi connectivity index (χ0) is 11.0. The topological polar surface area (TPSA) is 3.24 Å². The average molecular weight is 294 g/mol. The molecule has 1 nitrogen and oxygen atoms in total. The standard InChI is InChI=1S/C13H12BrNS/c14-8-3-9-15-11-6-1-4-10-5-2-7-12(16-15)13(10)11/h1-2,4-7H,3,8-9H2. The quantitative estimate of drug-likeness (QED) is 0.607. The van der Waals surface area contributed by atoms with Crippen LogP contribution >= 0.6 is 27.9 Å². The molecule has 0 aliphatic carbocycles. The second-order valence-electron chi connectivity index (χ2n) is 3.87. The lowest BCUT2D eigenvalue weighted by Gasteiger charge is -2.16. The van der Waals surface area contributed by atoms with Crippen molar-refractivity contribution < 1.29 is 0 Å². The molecule has 0 N–H and O–H groups in total. The van der Waals surface area contributed by atoms with E-state index in [0.717, 1.165) is 11.9 Å². The molecular formula is C13H12BrNS. The fraction of sp³-hybridized carbons (Fsp3) is 0.231. The Labute approximate surface area is 108 Å². The number of rotatable bonds is 3. The fourth-order valence-corrected chi connectivity index (χ4v) is 3.52. The van der Waals surface area contributed by atoms with Crippen LogP contribution in [0, 0.1) is 0 Å². The van der Waals surface area contributed by atoms with Crippen LogP contribution in [0.25, 0.3) is 10.8 Å². The van der Waals surface area contributed by atoms with E-state index in [2.05, 4.69) is 56.6 Å². The zero-order valence-corrected chi connectivity index (χ0v) is 11.2. The monoisotopic (exact) mass is 293 g/mol. The molecule has 0 fully saturated rings. The Hall–Kier alpha value is -0.670. The lowest BCUT2D eigenvalue weighted by atomic mass is 10.1. The third-order valence-corrected chi connectivity index (χ3v) is 4.51. The Kier molecular flexibility index (Phi) is 2.82. The predicted octanol–water partition coefficient (Wildman–Crippen LogP) is 4.45. The molecule has 3 rings (SSSR count). The Bertz CT molecular complexity index is 521. The molecule has 1 heterocycles. The summed E-state index contributed by atoms with van der Waals surface area (Å²) in [5.41, 5.74) is 1.37. The molecule has 0 atom stereocenters. The van der Waals surface area contributed by atoms with Crippen molar-refractivity contribution in [2.24, 2.45) is 0 Å². The van der Waals surface area contributed by atoms with Gasteiger partial charge in [0.05, 0.1) is 5.69 Å². The van der Waals surface area contributed by atoms with E-state index in [-0.39, 0.29) is 0 Å². The number of hydrogen-bond donors (Lipinski definition) is 0. The third kappa shape index (κ3) is 1.62. The van der Waals surface area contributed by atoms with Gasteiger partial charge in [0.25, 0.3) is 0 Å². The van der Waals surface area contributed by atoms with Gasteiger partial charge in [-0.25, -0.2) is 0 Å². The number of benzene rings is 2. The SMILES string of the molecule is BrCCCN1Sc2cccc3cccc1c23. The van der Waals surface area contributed by atoms with Crippen LogP contribution in [0.3, 0.4) is 0 Å². The summed E-state index contributed by atoms with van der Waals surface area (Å²) in [6, 6.07) is 13.1. The first-order valence-electron chi connectivity index (χ1n) is 5.43. The molecule has 0 saturated carbocycles. The molecule has 0 aromatic heterocycles. The van der Waals surface area contributed by atoms with Crippen molar-refractivity contribution in [1.29, 1.82) is 0 Å². The highest BCUT2D eigenvalue weighted by Crippen LogP contribution is 2.45. The maximum atomic E-state index is 3.49. The van der Waals surface area contributed by atoms with Crippen LogP contribution in [0.5, 0.6) is 0 Å². The van der Waals surface area contributed by atoms with Crippen molar-refractivity contribution in [2.75, 3.05) is 16.2 Å². The molecule has 1 aliphatic rings. The van der Waals surface area contributed by atoms with E-state index < -0.39 is 0 Å². The van der Waals surface area contributed by atoms with Crippen LogP contribution in [0.1, 0.15) is 6.42 Å². The summed E-state index contributed by atoms with van der Waals surface area (Å²) in [6.07, 6.45) is 1.18. The molecule has 0 spiro atoms. The minimum atomic E-state index is 1.07. The molecule has 1 aliphatic heterocycles. The molecule has 82 valence electrons. The van der Waals surface area contributed by atoms with E-state index in [1.54, 1.807) is 0 Å². The zero-order valence-electron chi connectivity index (χ0n) is 8.82. The third-order valence-electron chi connectivity index (χ3n) is 2.82. The lowest BCUT2D eigenvalue weighted by Crippen LogP contribution is -2.12. The number of alkyl halides is 1. The van der Waals surface area contributed by atoms with Gasteiger partial charge < -0.3 is 4.31 Å². The van der Waals surface area contributed by atoms with Gasteiger partial charge in [-0.15, -0.1) is 0 Å². The van der Waals surface area contributed by atoms with E-state index in [1.165, 1.54) is 27.8 Å².